The van der Waals surface area contributed by atoms with Gasteiger partial charge in [-0.3, -0.25) is 9.36 Å². The summed E-state index contributed by atoms with van der Waals surface area (Å²) in [4.78, 5) is 27.4. The number of ether oxygens (including phenoxy) is 2. The maximum absolute atomic E-state index is 14.1. The van der Waals surface area contributed by atoms with Gasteiger partial charge in [0, 0.05) is 31.7 Å². The number of para-hydroxylation sites is 2. The highest BCUT2D eigenvalue weighted by atomic mass is 19.3. The molecular weight excluding hydrogens is 508 g/mol. The van der Waals surface area contributed by atoms with Crippen LogP contribution in [0.3, 0.4) is 0 Å². The Labute approximate surface area is 226 Å². The van der Waals surface area contributed by atoms with Gasteiger partial charge in [-0.05, 0) is 50.7 Å². The second kappa shape index (κ2) is 12.2. The highest BCUT2D eigenvalue weighted by molar-refractivity contribution is 5.78. The minimum Gasteiger partial charge on any atom is -0.468 e. The molecule has 210 valence electrons. The third-order valence-corrected chi connectivity index (χ3v) is 7.48. The molecule has 2 aliphatic rings. The Balaban J connectivity index is 1.35. The zero-order valence-corrected chi connectivity index (χ0v) is 22.3. The number of methoxy groups -OCH3 is 1. The molecule has 1 aliphatic carbocycles. The zero-order valence-electron chi connectivity index (χ0n) is 22.3. The molecule has 1 saturated heterocycles. The summed E-state index contributed by atoms with van der Waals surface area (Å²) in [6.07, 6.45) is 1.10. The van der Waals surface area contributed by atoms with Crippen LogP contribution in [0.2, 0.25) is 0 Å². The van der Waals surface area contributed by atoms with Crippen molar-refractivity contribution in [2.75, 3.05) is 50.2 Å². The number of imidazole rings is 1. The van der Waals surface area contributed by atoms with E-state index in [9.17, 15) is 13.6 Å². The van der Waals surface area contributed by atoms with Crippen molar-refractivity contribution in [1.29, 1.82) is 0 Å². The summed E-state index contributed by atoms with van der Waals surface area (Å²) in [5, 5.41) is 6.73. The third kappa shape index (κ3) is 6.27. The molecule has 1 unspecified atom stereocenters. The van der Waals surface area contributed by atoms with Crippen LogP contribution in [0.5, 0.6) is 0 Å². The lowest BCUT2D eigenvalue weighted by Crippen LogP contribution is -2.44. The molecule has 0 bridgehead atoms. The molecular formula is C27H35F2N7O3. The standard InChI is InChI=1S/C27H35F2N7O3/c1-17(26(37)38-2)31-19-9-7-18(8-10-19)16-30-27-33-22(35-11-13-39-14-12-35)15-23(34-27)36-21-6-4-3-5-20(21)32-25(36)24(28)29/h3-6,15,17-19,24,31H,7-14,16H2,1-2H3,(H,30,33,34)/t17?,18-,19-. The minimum atomic E-state index is -2.76. The van der Waals surface area contributed by atoms with E-state index in [1.54, 1.807) is 30.3 Å². The number of morpholine rings is 1. The molecule has 3 heterocycles. The number of carbonyl (C=O) groups is 1. The molecule has 0 spiro atoms. The number of hydrogen-bond acceptors (Lipinski definition) is 9. The number of aromatic nitrogens is 4. The Morgan fingerprint density at radius 3 is 2.54 bits per heavy atom. The molecule has 1 aromatic carbocycles. The molecule has 5 rings (SSSR count). The van der Waals surface area contributed by atoms with Gasteiger partial charge in [0.2, 0.25) is 5.95 Å². The van der Waals surface area contributed by atoms with Gasteiger partial charge in [-0.25, -0.2) is 13.8 Å². The minimum absolute atomic E-state index is 0.257. The summed E-state index contributed by atoms with van der Waals surface area (Å²) in [6, 6.07) is 8.75. The topological polar surface area (TPSA) is 106 Å². The quantitative estimate of drug-likeness (QED) is 0.391. The third-order valence-electron chi connectivity index (χ3n) is 7.48. The maximum atomic E-state index is 14.1. The Kier molecular flexibility index (Phi) is 8.51. The van der Waals surface area contributed by atoms with Crippen molar-refractivity contribution in [3.63, 3.8) is 0 Å². The Bertz CT molecular complexity index is 1270. The van der Waals surface area contributed by atoms with E-state index in [0.29, 0.717) is 67.4 Å². The van der Waals surface area contributed by atoms with Crippen molar-refractivity contribution in [3.8, 4) is 5.82 Å². The van der Waals surface area contributed by atoms with E-state index in [-0.39, 0.29) is 23.9 Å². The van der Waals surface area contributed by atoms with E-state index < -0.39 is 6.43 Å². The largest absolute Gasteiger partial charge is 0.468 e. The number of alkyl halides is 2. The highest BCUT2D eigenvalue weighted by Crippen LogP contribution is 2.30. The van der Waals surface area contributed by atoms with Gasteiger partial charge in [-0.1, -0.05) is 12.1 Å². The fourth-order valence-corrected chi connectivity index (χ4v) is 5.37. The number of benzene rings is 1. The summed E-state index contributed by atoms with van der Waals surface area (Å²) >= 11 is 0. The van der Waals surface area contributed by atoms with Crippen molar-refractivity contribution < 1.29 is 23.0 Å². The average Bonchev–Trinajstić information content (AvgIpc) is 3.37. The number of halogens is 2. The van der Waals surface area contributed by atoms with Gasteiger partial charge in [-0.2, -0.15) is 9.97 Å². The first-order chi connectivity index (χ1) is 18.9. The first-order valence-electron chi connectivity index (χ1n) is 13.5. The number of carbonyl (C=O) groups excluding carboxylic acids is 1. The van der Waals surface area contributed by atoms with E-state index >= 15 is 0 Å². The number of esters is 1. The average molecular weight is 544 g/mol. The maximum Gasteiger partial charge on any atom is 0.322 e. The van der Waals surface area contributed by atoms with Gasteiger partial charge in [0.05, 0.1) is 31.4 Å². The molecule has 1 atom stereocenters. The van der Waals surface area contributed by atoms with Gasteiger partial charge >= 0.3 is 5.97 Å². The molecule has 2 aromatic heterocycles. The van der Waals surface area contributed by atoms with E-state index in [1.807, 2.05) is 6.92 Å². The van der Waals surface area contributed by atoms with E-state index in [0.717, 1.165) is 25.7 Å². The fraction of sp³-hybridized carbons (Fsp3) is 0.556. The summed E-state index contributed by atoms with van der Waals surface area (Å²) < 4.78 is 39.9. The molecule has 39 heavy (non-hydrogen) atoms. The Morgan fingerprint density at radius 1 is 1.10 bits per heavy atom. The van der Waals surface area contributed by atoms with Crippen LogP contribution in [-0.2, 0) is 14.3 Å². The lowest BCUT2D eigenvalue weighted by molar-refractivity contribution is -0.142. The first-order valence-corrected chi connectivity index (χ1v) is 13.5. The molecule has 1 saturated carbocycles. The number of rotatable bonds is 9. The van der Waals surface area contributed by atoms with Crippen molar-refractivity contribution in [2.45, 2.75) is 51.1 Å². The van der Waals surface area contributed by atoms with E-state index in [2.05, 4.69) is 25.5 Å². The lowest BCUT2D eigenvalue weighted by atomic mass is 9.85. The predicted octanol–water partition coefficient (Wildman–Crippen LogP) is 3.71. The van der Waals surface area contributed by atoms with E-state index in [1.165, 1.54) is 11.7 Å². The molecule has 0 radical (unpaired) electrons. The van der Waals surface area contributed by atoms with Crippen LogP contribution >= 0.6 is 0 Å². The van der Waals surface area contributed by atoms with Crippen LogP contribution in [0, 0.1) is 5.92 Å². The second-order valence-corrected chi connectivity index (χ2v) is 10.1. The number of hydrogen-bond donors (Lipinski definition) is 2. The smallest absolute Gasteiger partial charge is 0.322 e. The first kappa shape index (κ1) is 27.2. The van der Waals surface area contributed by atoms with Gasteiger partial charge in [-0.15, -0.1) is 0 Å². The van der Waals surface area contributed by atoms with Gasteiger partial charge in [0.25, 0.3) is 6.43 Å². The van der Waals surface area contributed by atoms with Crippen LogP contribution in [0.4, 0.5) is 20.5 Å². The van der Waals surface area contributed by atoms with Crippen LogP contribution in [0.25, 0.3) is 16.9 Å². The zero-order chi connectivity index (χ0) is 27.4. The van der Waals surface area contributed by atoms with Gasteiger partial charge in [0.1, 0.15) is 17.7 Å². The Morgan fingerprint density at radius 2 is 1.82 bits per heavy atom. The molecule has 1 aliphatic heterocycles. The molecule has 3 aromatic rings. The molecule has 12 heteroatoms. The number of nitrogens with zero attached hydrogens (tertiary/aromatic N) is 5. The van der Waals surface area contributed by atoms with Crippen LogP contribution in [0.15, 0.2) is 30.3 Å². The summed E-state index contributed by atoms with van der Waals surface area (Å²) in [5.41, 5.74) is 1.05. The summed E-state index contributed by atoms with van der Waals surface area (Å²) in [6.45, 7) is 4.94. The normalized spacial score (nSPS) is 20.8. The fourth-order valence-electron chi connectivity index (χ4n) is 5.37. The molecule has 2 N–H and O–H groups in total. The van der Waals surface area contributed by atoms with Crippen LogP contribution < -0.4 is 15.5 Å². The predicted molar refractivity (Wildman–Crippen MR) is 143 cm³/mol. The monoisotopic (exact) mass is 543 g/mol. The Hall–Kier alpha value is -3.38. The SMILES string of the molecule is COC(=O)C(C)N[C@H]1CC[C@H](CNc2nc(N3CCOCC3)cc(-n3c(C(F)F)nc4ccccc43)n2)CC1. The summed E-state index contributed by atoms with van der Waals surface area (Å²) in [7, 11) is 1.40. The number of anilines is 2. The van der Waals surface area contributed by atoms with Crippen molar-refractivity contribution >= 4 is 28.8 Å². The molecule has 10 nitrogen and oxygen atoms in total. The van der Waals surface area contributed by atoms with Crippen molar-refractivity contribution in [2.24, 2.45) is 5.92 Å². The van der Waals surface area contributed by atoms with Crippen molar-refractivity contribution in [1.82, 2.24) is 24.8 Å². The van der Waals surface area contributed by atoms with Crippen molar-refractivity contribution in [3.05, 3.63) is 36.2 Å². The second-order valence-electron chi connectivity index (χ2n) is 10.1. The lowest BCUT2D eigenvalue weighted by Gasteiger charge is -2.31. The highest BCUT2D eigenvalue weighted by Gasteiger charge is 2.26. The summed E-state index contributed by atoms with van der Waals surface area (Å²) in [5.74, 6) is 1.21. The van der Waals surface area contributed by atoms with Crippen LogP contribution in [-0.4, -0.2) is 77.5 Å². The van der Waals surface area contributed by atoms with Gasteiger partial charge in [0.15, 0.2) is 5.82 Å². The molecule has 0 amide bonds. The van der Waals surface area contributed by atoms with Gasteiger partial charge < -0.3 is 25.0 Å². The van der Waals surface area contributed by atoms with Crippen LogP contribution in [0.1, 0.15) is 44.9 Å². The number of fused-ring (bicyclic) bond motifs is 1. The molecule has 2 fully saturated rings. The van der Waals surface area contributed by atoms with E-state index in [4.69, 9.17) is 14.5 Å². The number of nitrogens with one attached hydrogen (secondary N) is 2.